The molecular formula is C20H21FN4OS. The van der Waals surface area contributed by atoms with Gasteiger partial charge in [-0.1, -0.05) is 12.1 Å². The first-order valence-corrected chi connectivity index (χ1v) is 9.59. The number of ether oxygens (including phenoxy) is 1. The first-order valence-electron chi connectivity index (χ1n) is 8.64. The maximum absolute atomic E-state index is 13.2. The van der Waals surface area contributed by atoms with E-state index in [-0.39, 0.29) is 5.82 Å². The fourth-order valence-corrected chi connectivity index (χ4v) is 2.97. The van der Waals surface area contributed by atoms with Crippen molar-refractivity contribution in [3.05, 3.63) is 76.4 Å². The minimum absolute atomic E-state index is 0.342. The Bertz CT molecular complexity index is 866. The predicted octanol–water partition coefficient (Wildman–Crippen LogP) is 4.33. The van der Waals surface area contributed by atoms with E-state index in [1.807, 2.05) is 18.4 Å². The van der Waals surface area contributed by atoms with Crippen molar-refractivity contribution in [3.8, 4) is 11.6 Å². The van der Waals surface area contributed by atoms with E-state index in [0.717, 1.165) is 18.1 Å². The second-order valence-corrected chi connectivity index (χ2v) is 6.52. The summed E-state index contributed by atoms with van der Waals surface area (Å²) >= 11 is 1.67. The van der Waals surface area contributed by atoms with Gasteiger partial charge in [0.1, 0.15) is 11.6 Å². The van der Waals surface area contributed by atoms with Gasteiger partial charge in [-0.2, -0.15) is 11.3 Å². The Morgan fingerprint density at radius 3 is 2.81 bits per heavy atom. The number of nitrogens with zero attached hydrogens (tertiary/aromatic N) is 2. The quantitative estimate of drug-likeness (QED) is 0.470. The van der Waals surface area contributed by atoms with Gasteiger partial charge in [0.2, 0.25) is 5.88 Å². The van der Waals surface area contributed by atoms with Gasteiger partial charge in [-0.15, -0.1) is 0 Å². The average Bonchev–Trinajstić information content (AvgIpc) is 3.19. The molecule has 0 saturated heterocycles. The highest BCUT2D eigenvalue weighted by atomic mass is 32.1. The van der Waals surface area contributed by atoms with Gasteiger partial charge in [-0.25, -0.2) is 14.4 Å². The molecule has 0 aliphatic heterocycles. The van der Waals surface area contributed by atoms with Gasteiger partial charge in [-0.3, -0.25) is 0 Å². The first-order chi connectivity index (χ1) is 13.2. The van der Waals surface area contributed by atoms with E-state index in [1.54, 1.807) is 35.7 Å². The van der Waals surface area contributed by atoms with E-state index in [4.69, 9.17) is 4.74 Å². The number of aromatic nitrogens is 1. The maximum Gasteiger partial charge on any atom is 0.219 e. The Hall–Kier alpha value is -2.93. The van der Waals surface area contributed by atoms with Crippen LogP contribution >= 0.6 is 11.3 Å². The topological polar surface area (TPSA) is 58.5 Å². The second-order valence-electron chi connectivity index (χ2n) is 5.74. The smallest absolute Gasteiger partial charge is 0.219 e. The molecule has 0 amide bonds. The van der Waals surface area contributed by atoms with Crippen LogP contribution in [-0.2, 0) is 13.1 Å². The molecule has 0 radical (unpaired) electrons. The molecule has 5 nitrogen and oxygen atoms in total. The highest BCUT2D eigenvalue weighted by Gasteiger charge is 2.03. The van der Waals surface area contributed by atoms with Gasteiger partial charge in [0.05, 0.1) is 6.54 Å². The van der Waals surface area contributed by atoms with Gasteiger partial charge in [0, 0.05) is 31.4 Å². The minimum Gasteiger partial charge on any atom is -0.439 e. The lowest BCUT2D eigenvalue weighted by Gasteiger charge is -2.11. The van der Waals surface area contributed by atoms with Crippen LogP contribution in [0.25, 0.3) is 0 Å². The van der Waals surface area contributed by atoms with Crippen LogP contribution in [-0.4, -0.2) is 17.5 Å². The Morgan fingerprint density at radius 2 is 2.11 bits per heavy atom. The summed E-state index contributed by atoms with van der Waals surface area (Å²) in [5, 5.41) is 10.7. The van der Waals surface area contributed by atoms with E-state index in [0.29, 0.717) is 24.7 Å². The number of nitrogens with one attached hydrogen (secondary N) is 2. The molecule has 0 bridgehead atoms. The molecule has 2 heterocycles. The molecule has 0 aliphatic carbocycles. The summed E-state index contributed by atoms with van der Waals surface area (Å²) in [5.74, 6) is 1.25. The number of halogens is 1. The van der Waals surface area contributed by atoms with E-state index in [9.17, 15) is 4.39 Å². The molecule has 2 N–H and O–H groups in total. The molecule has 7 heteroatoms. The van der Waals surface area contributed by atoms with Crippen LogP contribution in [0.4, 0.5) is 4.39 Å². The summed E-state index contributed by atoms with van der Waals surface area (Å²) < 4.78 is 18.8. The minimum atomic E-state index is -0.342. The van der Waals surface area contributed by atoms with Crippen LogP contribution in [0.3, 0.4) is 0 Å². The number of aliphatic imine (C=N–C) groups is 1. The third-order valence-electron chi connectivity index (χ3n) is 3.62. The lowest BCUT2D eigenvalue weighted by molar-refractivity contribution is 0.457. The van der Waals surface area contributed by atoms with Crippen LogP contribution in [0.2, 0.25) is 0 Å². The van der Waals surface area contributed by atoms with Crippen LogP contribution in [0.1, 0.15) is 18.1 Å². The zero-order chi connectivity index (χ0) is 18.9. The molecule has 0 aliphatic rings. The zero-order valence-corrected chi connectivity index (χ0v) is 15.8. The highest BCUT2D eigenvalue weighted by molar-refractivity contribution is 7.07. The van der Waals surface area contributed by atoms with E-state index in [1.165, 1.54) is 17.7 Å². The van der Waals surface area contributed by atoms with Crippen molar-refractivity contribution in [2.75, 3.05) is 6.54 Å². The lowest BCUT2D eigenvalue weighted by atomic mass is 10.3. The van der Waals surface area contributed by atoms with Crippen molar-refractivity contribution in [1.82, 2.24) is 15.6 Å². The Morgan fingerprint density at radius 1 is 1.19 bits per heavy atom. The third-order valence-corrected chi connectivity index (χ3v) is 4.35. The molecule has 0 atom stereocenters. The van der Waals surface area contributed by atoms with Crippen molar-refractivity contribution in [2.45, 2.75) is 20.0 Å². The van der Waals surface area contributed by atoms with Gasteiger partial charge in [-0.05, 0) is 47.0 Å². The van der Waals surface area contributed by atoms with Crippen LogP contribution in [0, 0.1) is 5.82 Å². The maximum atomic E-state index is 13.2. The SMILES string of the molecule is CCNC(=NCc1ccsc1)NCc1ccc(Oc2cccc(F)c2)nc1. The van der Waals surface area contributed by atoms with Crippen LogP contribution in [0.15, 0.2) is 64.4 Å². The Kier molecular flexibility index (Phi) is 6.76. The molecule has 3 aromatic rings. The second kappa shape index (κ2) is 9.68. The van der Waals surface area contributed by atoms with Crippen molar-refractivity contribution in [2.24, 2.45) is 4.99 Å². The number of pyridine rings is 1. The summed E-state index contributed by atoms with van der Waals surface area (Å²) in [7, 11) is 0. The molecule has 0 spiro atoms. The molecule has 27 heavy (non-hydrogen) atoms. The number of hydrogen-bond donors (Lipinski definition) is 2. The summed E-state index contributed by atoms with van der Waals surface area (Å²) in [5.41, 5.74) is 2.18. The summed E-state index contributed by atoms with van der Waals surface area (Å²) in [6, 6.07) is 11.7. The monoisotopic (exact) mass is 384 g/mol. The molecule has 0 fully saturated rings. The van der Waals surface area contributed by atoms with Gasteiger partial charge < -0.3 is 15.4 Å². The predicted molar refractivity (Wildman–Crippen MR) is 107 cm³/mol. The zero-order valence-electron chi connectivity index (χ0n) is 15.0. The highest BCUT2D eigenvalue weighted by Crippen LogP contribution is 2.20. The fourth-order valence-electron chi connectivity index (χ4n) is 2.31. The van der Waals surface area contributed by atoms with Crippen molar-refractivity contribution >= 4 is 17.3 Å². The third kappa shape index (κ3) is 6.07. The van der Waals surface area contributed by atoms with Crippen molar-refractivity contribution in [1.29, 1.82) is 0 Å². The number of guanidine groups is 1. The van der Waals surface area contributed by atoms with E-state index < -0.39 is 0 Å². The molecular weight excluding hydrogens is 363 g/mol. The number of rotatable bonds is 7. The molecule has 0 unspecified atom stereocenters. The number of benzene rings is 1. The lowest BCUT2D eigenvalue weighted by Crippen LogP contribution is -2.36. The Labute approximate surface area is 162 Å². The number of thiophene rings is 1. The van der Waals surface area contributed by atoms with Crippen LogP contribution < -0.4 is 15.4 Å². The van der Waals surface area contributed by atoms with Gasteiger partial charge in [0.15, 0.2) is 5.96 Å². The van der Waals surface area contributed by atoms with Crippen molar-refractivity contribution < 1.29 is 9.13 Å². The van der Waals surface area contributed by atoms with Gasteiger partial charge in [0.25, 0.3) is 0 Å². The standard InChI is InChI=1S/C20H21FN4OS/c1-2-22-20(25-13-16-8-9-27-14-16)24-12-15-6-7-19(23-11-15)26-18-5-3-4-17(21)10-18/h3-11,14H,2,12-13H2,1H3,(H2,22,24,25). The first kappa shape index (κ1) is 18.8. The normalized spacial score (nSPS) is 11.3. The molecule has 1 aromatic carbocycles. The average molecular weight is 384 g/mol. The van der Waals surface area contributed by atoms with E-state index in [2.05, 4.69) is 32.1 Å². The molecule has 3 rings (SSSR count). The molecule has 140 valence electrons. The van der Waals surface area contributed by atoms with Crippen molar-refractivity contribution in [3.63, 3.8) is 0 Å². The Balaban J connectivity index is 1.55. The summed E-state index contributed by atoms with van der Waals surface area (Å²) in [4.78, 5) is 8.84. The van der Waals surface area contributed by atoms with Gasteiger partial charge >= 0.3 is 0 Å². The number of hydrogen-bond acceptors (Lipinski definition) is 4. The molecule has 2 aromatic heterocycles. The summed E-state index contributed by atoms with van der Waals surface area (Å²) in [6.07, 6.45) is 1.73. The molecule has 0 saturated carbocycles. The van der Waals surface area contributed by atoms with E-state index >= 15 is 0 Å². The summed E-state index contributed by atoms with van der Waals surface area (Å²) in [6.45, 7) is 4.04. The fraction of sp³-hybridized carbons (Fsp3) is 0.200. The van der Waals surface area contributed by atoms with Crippen LogP contribution in [0.5, 0.6) is 11.6 Å². The largest absolute Gasteiger partial charge is 0.439 e.